The van der Waals surface area contributed by atoms with Crippen LogP contribution in [-0.4, -0.2) is 41.8 Å². The van der Waals surface area contributed by atoms with Crippen molar-refractivity contribution in [2.75, 3.05) is 6.61 Å². The molecule has 0 radical (unpaired) electrons. The van der Waals surface area contributed by atoms with Crippen molar-refractivity contribution in [1.29, 1.82) is 0 Å². The molecule has 0 saturated heterocycles. The van der Waals surface area contributed by atoms with Gasteiger partial charge in [-0.05, 0) is 41.5 Å². The molecule has 34 heavy (non-hydrogen) atoms. The zero-order valence-electron chi connectivity index (χ0n) is 19.5. The Hall–Kier alpha value is -3.35. The third-order valence-electron chi connectivity index (χ3n) is 6.98. The number of rotatable bonds is 8. The molecule has 0 heterocycles. The van der Waals surface area contributed by atoms with E-state index in [0.29, 0.717) is 12.3 Å². The lowest BCUT2D eigenvalue weighted by molar-refractivity contribution is -0.142. The molecule has 4 rings (SSSR count). The monoisotopic (exact) mass is 464 g/mol. The molecule has 0 bridgehead atoms. The summed E-state index contributed by atoms with van der Waals surface area (Å²) in [6.45, 7) is 1.67. The largest absolute Gasteiger partial charge is 0.480 e. The zero-order valence-corrected chi connectivity index (χ0v) is 19.5. The topological polar surface area (TPSA) is 105 Å². The van der Waals surface area contributed by atoms with Crippen molar-refractivity contribution in [2.24, 2.45) is 5.92 Å². The Balaban J connectivity index is 1.30. The minimum absolute atomic E-state index is 0.0748. The van der Waals surface area contributed by atoms with Crippen LogP contribution >= 0.6 is 0 Å². The molecule has 0 spiro atoms. The van der Waals surface area contributed by atoms with Gasteiger partial charge in [-0.1, -0.05) is 80.6 Å². The predicted molar refractivity (Wildman–Crippen MR) is 128 cm³/mol. The molecule has 2 aliphatic rings. The highest BCUT2D eigenvalue weighted by Crippen LogP contribution is 2.44. The second kappa shape index (κ2) is 10.7. The normalized spacial score (nSPS) is 17.2. The number of nitrogens with one attached hydrogen (secondary N) is 2. The molecule has 1 saturated carbocycles. The maximum absolute atomic E-state index is 12.6. The summed E-state index contributed by atoms with van der Waals surface area (Å²) in [7, 11) is 0. The summed E-state index contributed by atoms with van der Waals surface area (Å²) in [4.78, 5) is 36.7. The van der Waals surface area contributed by atoms with Crippen molar-refractivity contribution in [3.8, 4) is 11.1 Å². The molecular formula is C27H32N2O5. The number of hydrogen-bond donors (Lipinski definition) is 3. The van der Waals surface area contributed by atoms with E-state index in [2.05, 4.69) is 22.8 Å². The quantitative estimate of drug-likeness (QED) is 0.535. The van der Waals surface area contributed by atoms with E-state index in [4.69, 9.17) is 4.74 Å². The highest BCUT2D eigenvalue weighted by atomic mass is 16.5. The first kappa shape index (κ1) is 23.8. The van der Waals surface area contributed by atoms with Gasteiger partial charge < -0.3 is 20.5 Å². The van der Waals surface area contributed by atoms with E-state index in [-0.39, 0.29) is 12.5 Å². The first-order chi connectivity index (χ1) is 16.4. The van der Waals surface area contributed by atoms with Crippen LogP contribution in [0.3, 0.4) is 0 Å². The fourth-order valence-electron chi connectivity index (χ4n) is 5.16. The van der Waals surface area contributed by atoms with Crippen LogP contribution in [-0.2, 0) is 14.3 Å². The summed E-state index contributed by atoms with van der Waals surface area (Å²) in [6, 6.07) is 14.2. The number of amides is 2. The lowest BCUT2D eigenvalue weighted by Gasteiger charge is -2.26. The van der Waals surface area contributed by atoms with Crippen molar-refractivity contribution in [1.82, 2.24) is 10.6 Å². The van der Waals surface area contributed by atoms with E-state index in [1.165, 1.54) is 13.3 Å². The fraction of sp³-hybridized carbons (Fsp3) is 0.444. The fourth-order valence-corrected chi connectivity index (χ4v) is 5.16. The predicted octanol–water partition coefficient (Wildman–Crippen LogP) is 4.45. The molecule has 2 aromatic carbocycles. The minimum Gasteiger partial charge on any atom is -0.480 e. The zero-order chi connectivity index (χ0) is 24.1. The van der Waals surface area contributed by atoms with Crippen molar-refractivity contribution >= 4 is 18.0 Å². The van der Waals surface area contributed by atoms with Crippen LogP contribution < -0.4 is 10.6 Å². The van der Waals surface area contributed by atoms with E-state index in [1.54, 1.807) is 0 Å². The van der Waals surface area contributed by atoms with Crippen molar-refractivity contribution < 1.29 is 24.2 Å². The number of ether oxygens (including phenoxy) is 1. The van der Waals surface area contributed by atoms with Gasteiger partial charge in [-0.15, -0.1) is 0 Å². The van der Waals surface area contributed by atoms with Crippen LogP contribution in [0.2, 0.25) is 0 Å². The third kappa shape index (κ3) is 5.41. The summed E-state index contributed by atoms with van der Waals surface area (Å²) in [6.07, 6.45) is 5.08. The number of carbonyl (C=O) groups excluding carboxylic acids is 2. The Morgan fingerprint density at radius 2 is 1.53 bits per heavy atom. The van der Waals surface area contributed by atoms with Crippen molar-refractivity contribution in [2.45, 2.75) is 63.5 Å². The van der Waals surface area contributed by atoms with Gasteiger partial charge in [0.15, 0.2) is 0 Å². The Bertz CT molecular complexity index is 1000. The van der Waals surface area contributed by atoms with Gasteiger partial charge in [-0.3, -0.25) is 4.79 Å². The molecule has 1 fully saturated rings. The van der Waals surface area contributed by atoms with Crippen LogP contribution in [0.5, 0.6) is 0 Å². The van der Waals surface area contributed by atoms with Gasteiger partial charge in [0, 0.05) is 5.92 Å². The van der Waals surface area contributed by atoms with Gasteiger partial charge >= 0.3 is 12.1 Å². The van der Waals surface area contributed by atoms with Gasteiger partial charge in [0.2, 0.25) is 5.91 Å². The molecule has 2 atom stereocenters. The smallest absolute Gasteiger partial charge is 0.407 e. The highest BCUT2D eigenvalue weighted by Gasteiger charge is 2.30. The number of aliphatic carboxylic acids is 1. The standard InChI is InChI=1S/C27H32N2O5/c1-17(25(30)29-24(26(31)32)15-18-9-3-2-4-10-18)28-27(33)34-16-23-21-13-7-5-11-19(21)20-12-6-8-14-22(20)23/h5-8,11-14,17-18,23-24H,2-4,9-10,15-16H2,1H3,(H,28,33)(H,29,30)(H,31,32)/t17?,24-/m1/s1. The molecule has 7 nitrogen and oxygen atoms in total. The van der Waals surface area contributed by atoms with Crippen LogP contribution in [0.4, 0.5) is 4.79 Å². The number of fused-ring (bicyclic) bond motifs is 3. The number of carboxylic acids is 1. The maximum Gasteiger partial charge on any atom is 0.407 e. The summed E-state index contributed by atoms with van der Waals surface area (Å²) >= 11 is 0. The molecule has 180 valence electrons. The van der Waals surface area contributed by atoms with Crippen LogP contribution in [0, 0.1) is 5.92 Å². The average molecular weight is 465 g/mol. The van der Waals surface area contributed by atoms with E-state index < -0.39 is 30.1 Å². The summed E-state index contributed by atoms with van der Waals surface area (Å²) in [5.41, 5.74) is 4.48. The molecular weight excluding hydrogens is 432 g/mol. The van der Waals surface area contributed by atoms with Gasteiger partial charge in [-0.25, -0.2) is 9.59 Å². The number of alkyl carbamates (subject to hydrolysis) is 1. The van der Waals surface area contributed by atoms with Crippen LogP contribution in [0.15, 0.2) is 48.5 Å². The first-order valence-corrected chi connectivity index (χ1v) is 12.1. The molecule has 0 aromatic heterocycles. The SMILES string of the molecule is CC(NC(=O)OCC1c2ccccc2-c2ccccc21)C(=O)N[C@H](CC1CCCCC1)C(=O)O. The lowest BCUT2D eigenvalue weighted by atomic mass is 9.85. The maximum atomic E-state index is 12.6. The van der Waals surface area contributed by atoms with Crippen molar-refractivity contribution in [3.05, 3.63) is 59.7 Å². The second-order valence-corrected chi connectivity index (χ2v) is 9.33. The second-order valence-electron chi connectivity index (χ2n) is 9.33. The summed E-state index contributed by atoms with van der Waals surface area (Å²) in [5, 5.41) is 14.7. The minimum atomic E-state index is -1.05. The van der Waals surface area contributed by atoms with Crippen LogP contribution in [0.1, 0.15) is 62.5 Å². The van der Waals surface area contributed by atoms with Gasteiger partial charge in [0.05, 0.1) is 0 Å². The highest BCUT2D eigenvalue weighted by molar-refractivity contribution is 5.89. The molecule has 2 amide bonds. The van der Waals surface area contributed by atoms with E-state index in [1.807, 2.05) is 36.4 Å². The molecule has 2 aliphatic carbocycles. The Labute approximate surface area is 199 Å². The van der Waals surface area contributed by atoms with Gasteiger partial charge in [0.1, 0.15) is 18.7 Å². The number of benzene rings is 2. The average Bonchev–Trinajstić information content (AvgIpc) is 3.16. The van der Waals surface area contributed by atoms with E-state index in [9.17, 15) is 19.5 Å². The molecule has 0 aliphatic heterocycles. The number of carbonyl (C=O) groups is 3. The van der Waals surface area contributed by atoms with Crippen LogP contribution in [0.25, 0.3) is 11.1 Å². The van der Waals surface area contributed by atoms with E-state index >= 15 is 0 Å². The van der Waals surface area contributed by atoms with Gasteiger partial charge in [-0.2, -0.15) is 0 Å². The molecule has 2 aromatic rings. The Morgan fingerprint density at radius 1 is 0.941 bits per heavy atom. The lowest BCUT2D eigenvalue weighted by Crippen LogP contribution is -2.51. The van der Waals surface area contributed by atoms with E-state index in [0.717, 1.165) is 47.9 Å². The molecule has 7 heteroatoms. The molecule has 1 unspecified atom stereocenters. The molecule has 3 N–H and O–H groups in total. The number of carboxylic acid groups (broad SMARTS) is 1. The summed E-state index contributed by atoms with van der Waals surface area (Å²) < 4.78 is 5.49. The number of hydrogen-bond acceptors (Lipinski definition) is 4. The third-order valence-corrected chi connectivity index (χ3v) is 6.98. The Morgan fingerprint density at radius 3 is 2.12 bits per heavy atom. The van der Waals surface area contributed by atoms with Crippen molar-refractivity contribution in [3.63, 3.8) is 0 Å². The first-order valence-electron chi connectivity index (χ1n) is 12.1. The van der Waals surface area contributed by atoms with Gasteiger partial charge in [0.25, 0.3) is 0 Å². The Kier molecular flexibility index (Phi) is 7.50. The summed E-state index contributed by atoms with van der Waals surface area (Å²) in [5.74, 6) is -1.35.